The van der Waals surface area contributed by atoms with Gasteiger partial charge in [0, 0.05) is 18.8 Å². The van der Waals surface area contributed by atoms with Crippen LogP contribution in [0.2, 0.25) is 0 Å². The lowest BCUT2D eigenvalue weighted by Crippen LogP contribution is -2.45. The minimum Gasteiger partial charge on any atom is -0.410 e. The Hall–Kier alpha value is -2.34. The van der Waals surface area contributed by atoms with Crippen LogP contribution in [0.4, 0.5) is 0 Å². The van der Waals surface area contributed by atoms with Gasteiger partial charge in [0.25, 0.3) is 11.1 Å². The largest absolute Gasteiger partial charge is 0.410 e. The van der Waals surface area contributed by atoms with Crippen LogP contribution in [-0.4, -0.2) is 76.7 Å². The molecule has 2 amide bonds. The lowest BCUT2D eigenvalue weighted by Gasteiger charge is -2.21. The van der Waals surface area contributed by atoms with Crippen molar-refractivity contribution in [1.29, 1.82) is 0 Å². The first-order valence-corrected chi connectivity index (χ1v) is 11.5. The summed E-state index contributed by atoms with van der Waals surface area (Å²) >= 11 is 1.09. The standard InChI is InChI=1S/C16H21N5O5S2/c1-2-21(8-13(22)18-11-5-7-28(24,25)10-11)14(23)9-27-16-20-19-15(26-16)12-4-3-6-17-12/h3-4,6,11,17H,2,5,7-10H2,1H3,(H,18,22). The van der Waals surface area contributed by atoms with Gasteiger partial charge in [0.15, 0.2) is 9.84 Å². The number of H-pyrrole nitrogens is 1. The molecule has 3 heterocycles. The summed E-state index contributed by atoms with van der Waals surface area (Å²) in [5, 5.41) is 10.7. The van der Waals surface area contributed by atoms with Gasteiger partial charge in [0.05, 0.1) is 23.8 Å². The fourth-order valence-electron chi connectivity index (χ4n) is 2.79. The Kier molecular flexibility index (Phi) is 6.39. The Labute approximate surface area is 166 Å². The van der Waals surface area contributed by atoms with Gasteiger partial charge in [-0.1, -0.05) is 11.8 Å². The number of hydrogen-bond acceptors (Lipinski definition) is 8. The highest BCUT2D eigenvalue weighted by molar-refractivity contribution is 7.99. The minimum absolute atomic E-state index is 0.0467. The molecule has 1 aliphatic heterocycles. The SMILES string of the molecule is CCN(CC(=O)NC1CCS(=O)(=O)C1)C(=O)CSc1nnc(-c2ccc[nH]2)o1. The van der Waals surface area contributed by atoms with Crippen LogP contribution in [0, 0.1) is 0 Å². The van der Waals surface area contributed by atoms with Gasteiger partial charge < -0.3 is 19.6 Å². The molecule has 3 rings (SSSR count). The van der Waals surface area contributed by atoms with Crippen molar-refractivity contribution in [3.05, 3.63) is 18.3 Å². The first-order valence-electron chi connectivity index (χ1n) is 8.74. The highest BCUT2D eigenvalue weighted by Gasteiger charge is 2.29. The summed E-state index contributed by atoms with van der Waals surface area (Å²) < 4.78 is 28.4. The summed E-state index contributed by atoms with van der Waals surface area (Å²) in [6, 6.07) is 3.21. The third-order valence-electron chi connectivity index (χ3n) is 4.22. The molecule has 0 spiro atoms. The Morgan fingerprint density at radius 1 is 1.43 bits per heavy atom. The van der Waals surface area contributed by atoms with Crippen LogP contribution in [0.15, 0.2) is 28.0 Å². The number of aromatic amines is 1. The summed E-state index contributed by atoms with van der Waals surface area (Å²) in [7, 11) is -3.07. The number of likely N-dealkylation sites (N-methyl/N-ethyl adjacent to an activating group) is 1. The zero-order valence-electron chi connectivity index (χ0n) is 15.3. The minimum atomic E-state index is -3.07. The molecule has 1 fully saturated rings. The number of carbonyl (C=O) groups excluding carboxylic acids is 2. The molecule has 0 bridgehead atoms. The van der Waals surface area contributed by atoms with Crippen molar-refractivity contribution in [2.24, 2.45) is 0 Å². The van der Waals surface area contributed by atoms with Gasteiger partial charge in [-0.05, 0) is 25.5 Å². The zero-order valence-corrected chi connectivity index (χ0v) is 16.9. The summed E-state index contributed by atoms with van der Waals surface area (Å²) in [5.41, 5.74) is 0.687. The topological polar surface area (TPSA) is 138 Å². The molecule has 0 radical (unpaired) electrons. The third-order valence-corrected chi connectivity index (χ3v) is 6.79. The normalized spacial score (nSPS) is 18.1. The highest BCUT2D eigenvalue weighted by atomic mass is 32.2. The van der Waals surface area contributed by atoms with E-state index in [9.17, 15) is 18.0 Å². The molecule has 12 heteroatoms. The van der Waals surface area contributed by atoms with Crippen molar-refractivity contribution < 1.29 is 22.4 Å². The van der Waals surface area contributed by atoms with Crippen molar-refractivity contribution in [3.8, 4) is 11.6 Å². The highest BCUT2D eigenvalue weighted by Crippen LogP contribution is 2.22. The first-order chi connectivity index (χ1) is 13.4. The van der Waals surface area contributed by atoms with E-state index >= 15 is 0 Å². The van der Waals surface area contributed by atoms with Gasteiger partial charge in [-0.2, -0.15) is 0 Å². The molecule has 0 aromatic carbocycles. The Morgan fingerprint density at radius 3 is 2.89 bits per heavy atom. The number of rotatable bonds is 8. The average Bonchev–Trinajstić information content (AvgIpc) is 3.38. The maximum atomic E-state index is 12.4. The van der Waals surface area contributed by atoms with Crippen LogP contribution in [0.3, 0.4) is 0 Å². The fourth-order valence-corrected chi connectivity index (χ4v) is 5.13. The molecule has 0 aliphatic carbocycles. The van der Waals surface area contributed by atoms with Crippen LogP contribution in [-0.2, 0) is 19.4 Å². The molecule has 1 saturated heterocycles. The van der Waals surface area contributed by atoms with Gasteiger partial charge in [-0.3, -0.25) is 9.59 Å². The quantitative estimate of drug-likeness (QED) is 0.574. The molecule has 2 aromatic heterocycles. The maximum absolute atomic E-state index is 12.4. The Morgan fingerprint density at radius 2 is 2.25 bits per heavy atom. The number of nitrogens with one attached hydrogen (secondary N) is 2. The Balaban J connectivity index is 1.47. The lowest BCUT2D eigenvalue weighted by molar-refractivity contribution is -0.134. The van der Waals surface area contributed by atoms with E-state index in [1.807, 2.05) is 0 Å². The predicted molar refractivity (Wildman–Crippen MR) is 102 cm³/mol. The number of nitrogens with zero attached hydrogens (tertiary/aromatic N) is 3. The third kappa shape index (κ3) is 5.35. The average molecular weight is 428 g/mol. The van der Waals surface area contributed by atoms with Crippen LogP contribution >= 0.6 is 11.8 Å². The number of sulfone groups is 1. The smallest absolute Gasteiger partial charge is 0.277 e. The zero-order chi connectivity index (χ0) is 20.1. The molecule has 2 aromatic rings. The number of amides is 2. The van der Waals surface area contributed by atoms with E-state index in [-0.39, 0.29) is 46.9 Å². The van der Waals surface area contributed by atoms with Crippen LogP contribution in [0.1, 0.15) is 13.3 Å². The van der Waals surface area contributed by atoms with E-state index in [1.165, 1.54) is 4.90 Å². The molecule has 28 heavy (non-hydrogen) atoms. The molecule has 2 N–H and O–H groups in total. The molecule has 1 unspecified atom stereocenters. The molecule has 1 aliphatic rings. The first kappa shape index (κ1) is 20.4. The van der Waals surface area contributed by atoms with E-state index in [0.717, 1.165) is 11.8 Å². The molecule has 1 atom stereocenters. The monoisotopic (exact) mass is 427 g/mol. The molecular weight excluding hydrogens is 406 g/mol. The molecule has 152 valence electrons. The van der Waals surface area contributed by atoms with E-state index in [1.54, 1.807) is 25.3 Å². The second-order valence-corrected chi connectivity index (χ2v) is 9.48. The van der Waals surface area contributed by atoms with Gasteiger partial charge in [-0.15, -0.1) is 10.2 Å². The van der Waals surface area contributed by atoms with Crippen molar-refractivity contribution in [1.82, 2.24) is 25.4 Å². The second kappa shape index (κ2) is 8.78. The summed E-state index contributed by atoms with van der Waals surface area (Å²) in [5.74, 6) is -0.200. The van der Waals surface area contributed by atoms with Crippen LogP contribution in [0.5, 0.6) is 0 Å². The number of carbonyl (C=O) groups is 2. The van der Waals surface area contributed by atoms with Gasteiger partial charge in [0.2, 0.25) is 11.8 Å². The molecular formula is C16H21N5O5S2. The van der Waals surface area contributed by atoms with Crippen molar-refractivity contribution in [3.63, 3.8) is 0 Å². The predicted octanol–water partition coefficient (Wildman–Crippen LogP) is 0.309. The van der Waals surface area contributed by atoms with Crippen molar-refractivity contribution in [2.45, 2.75) is 24.6 Å². The molecule has 0 saturated carbocycles. The Bertz CT molecular complexity index is 925. The van der Waals surface area contributed by atoms with E-state index < -0.39 is 9.84 Å². The lowest BCUT2D eigenvalue weighted by atomic mass is 10.2. The van der Waals surface area contributed by atoms with Crippen molar-refractivity contribution in [2.75, 3.05) is 30.3 Å². The summed E-state index contributed by atoms with van der Waals surface area (Å²) in [6.07, 6.45) is 2.14. The van der Waals surface area contributed by atoms with Gasteiger partial charge in [0.1, 0.15) is 5.69 Å². The fraction of sp³-hybridized carbons (Fsp3) is 0.500. The summed E-state index contributed by atoms with van der Waals surface area (Å²) in [4.78, 5) is 28.9. The number of thioether (sulfide) groups is 1. The van der Waals surface area contributed by atoms with Gasteiger partial charge >= 0.3 is 0 Å². The number of hydrogen-bond donors (Lipinski definition) is 2. The second-order valence-electron chi connectivity index (χ2n) is 6.32. The van der Waals surface area contributed by atoms with Gasteiger partial charge in [-0.25, -0.2) is 8.42 Å². The van der Waals surface area contributed by atoms with Crippen molar-refractivity contribution >= 4 is 33.4 Å². The van der Waals surface area contributed by atoms with E-state index in [2.05, 4.69) is 20.5 Å². The maximum Gasteiger partial charge on any atom is 0.277 e. The van der Waals surface area contributed by atoms with E-state index in [4.69, 9.17) is 4.42 Å². The van der Waals surface area contributed by atoms with Crippen LogP contribution in [0.25, 0.3) is 11.6 Å². The molecule has 10 nitrogen and oxygen atoms in total. The number of aromatic nitrogens is 3. The van der Waals surface area contributed by atoms with Crippen LogP contribution < -0.4 is 5.32 Å². The summed E-state index contributed by atoms with van der Waals surface area (Å²) in [6.45, 7) is 2.00. The van der Waals surface area contributed by atoms with E-state index in [0.29, 0.717) is 24.6 Å².